The zero-order chi connectivity index (χ0) is 68.1. The summed E-state index contributed by atoms with van der Waals surface area (Å²) in [6, 6.07) is 11.7. The molecule has 4 N–H and O–H groups in total. The third-order valence-corrected chi connectivity index (χ3v) is 18.2. The molecule has 9 rings (SSSR count). The van der Waals surface area contributed by atoms with Gasteiger partial charge in [0.1, 0.15) is 23.7 Å². The molecule has 0 saturated heterocycles. The lowest BCUT2D eigenvalue weighted by atomic mass is 10.0. The van der Waals surface area contributed by atoms with Crippen LogP contribution in [0.1, 0.15) is 211 Å². The molecule has 3 amide bonds. The molecule has 20 nitrogen and oxygen atoms in total. The average Bonchev–Trinajstić information content (AvgIpc) is 1.59. The number of fused-ring (bicyclic) bond motifs is 3. The van der Waals surface area contributed by atoms with E-state index < -0.39 is 12.1 Å². The fraction of sp³-hybridized carbons (Fsp3) is 0.514. The number of benzene rings is 3. The monoisotopic (exact) mass is 1260 g/mol. The summed E-state index contributed by atoms with van der Waals surface area (Å²) >= 11 is 0. The summed E-state index contributed by atoms with van der Waals surface area (Å²) in [6.07, 6.45) is 5.26. The van der Waals surface area contributed by atoms with Crippen LogP contribution < -0.4 is 35.6 Å². The number of nitrogens with two attached hydrogens (primary N) is 1. The van der Waals surface area contributed by atoms with Crippen LogP contribution in [0.2, 0.25) is 0 Å². The van der Waals surface area contributed by atoms with Crippen molar-refractivity contribution in [3.8, 4) is 5.88 Å². The summed E-state index contributed by atoms with van der Waals surface area (Å²) in [5.74, 6) is 2.57. The van der Waals surface area contributed by atoms with Crippen LogP contribution in [-0.2, 0) is 14.4 Å². The molecule has 494 valence electrons. The number of nitrogens with one attached hydrogen (secondary N) is 1. The van der Waals surface area contributed by atoms with Gasteiger partial charge in [-0.15, -0.1) is 4.91 Å². The Morgan fingerprint density at radius 2 is 0.870 bits per heavy atom. The van der Waals surface area contributed by atoms with E-state index in [1.54, 1.807) is 21.3 Å². The van der Waals surface area contributed by atoms with Crippen LogP contribution >= 0.6 is 0 Å². The van der Waals surface area contributed by atoms with Gasteiger partial charge in [0.15, 0.2) is 11.3 Å². The molecule has 0 radical (unpaired) electrons. The number of carbonyl (C=O) groups is 3. The molecule has 6 heterocycles. The zero-order valence-corrected chi connectivity index (χ0v) is 58.9. The highest BCUT2D eigenvalue weighted by Gasteiger charge is 2.45. The molecule has 0 aliphatic carbocycles. The van der Waals surface area contributed by atoms with Gasteiger partial charge in [-0.1, -0.05) is 102 Å². The Kier molecular flexibility index (Phi) is 23.1. The Labute approximate surface area is 545 Å². The van der Waals surface area contributed by atoms with E-state index in [2.05, 4.69) is 186 Å². The summed E-state index contributed by atoms with van der Waals surface area (Å²) in [7, 11) is 0. The smallest absolute Gasteiger partial charge is 0.255 e. The minimum absolute atomic E-state index is 0.0138. The summed E-state index contributed by atoms with van der Waals surface area (Å²) < 4.78 is 1.74. The van der Waals surface area contributed by atoms with Crippen LogP contribution in [0.5, 0.6) is 5.88 Å². The quantitative estimate of drug-likeness (QED) is 0.0567. The Morgan fingerprint density at radius 1 is 0.522 bits per heavy atom. The first-order chi connectivity index (χ1) is 43.7. The SMILES string of the molecule is CCC(=O)NC1C(=O)N(C(CC)CC)c2nc(N(CC)c3c(C)cc(C)cc3C)nc(C)c21.CCC(CC)N1C(=O)C(N)c2c(C)nc(N(CC)c3c(C)cc(C)cc3C)nc21.CCC(CC)n1c(O)c(N=O)c2c(C)nc(N(CC)c3c(C)cc(C)cc3C)nc21. The van der Waals surface area contributed by atoms with Crippen LogP contribution in [0.3, 0.4) is 0 Å². The van der Waals surface area contributed by atoms with Gasteiger partial charge in [-0.25, -0.2) is 15.0 Å². The molecule has 2 aliphatic rings. The fourth-order valence-electron chi connectivity index (χ4n) is 14.1. The molecule has 2 unspecified atom stereocenters. The molecule has 4 aromatic heterocycles. The van der Waals surface area contributed by atoms with Crippen molar-refractivity contribution in [3.63, 3.8) is 0 Å². The van der Waals surface area contributed by atoms with E-state index in [1.165, 1.54) is 27.8 Å². The van der Waals surface area contributed by atoms with Crippen LogP contribution in [0.15, 0.2) is 41.6 Å². The van der Waals surface area contributed by atoms with E-state index in [4.69, 9.17) is 35.6 Å². The largest absolute Gasteiger partial charge is 0.493 e. The lowest BCUT2D eigenvalue weighted by molar-refractivity contribution is -0.127. The van der Waals surface area contributed by atoms with E-state index in [9.17, 15) is 24.4 Å². The number of nitroso groups, excluding NO2 is 1. The van der Waals surface area contributed by atoms with Crippen molar-refractivity contribution in [2.45, 2.75) is 227 Å². The van der Waals surface area contributed by atoms with Gasteiger partial charge in [0.05, 0.1) is 22.5 Å². The maximum Gasteiger partial charge on any atom is 0.255 e. The number of nitrogens with zero attached hydrogens (tertiary/aromatic N) is 13. The Hall–Kier alpha value is -8.39. The first kappa shape index (κ1) is 71.1. The molecule has 2 atom stereocenters. The number of anilines is 8. The number of carbonyl (C=O) groups excluding carboxylic acids is 3. The van der Waals surface area contributed by atoms with Gasteiger partial charge in [0.25, 0.3) is 5.91 Å². The molecule has 7 aromatic rings. The van der Waals surface area contributed by atoms with E-state index in [0.29, 0.717) is 71.3 Å². The second kappa shape index (κ2) is 29.9. The highest BCUT2D eigenvalue weighted by Crippen LogP contribution is 2.46. The molecule has 3 aromatic carbocycles. The number of hydrogen-bond acceptors (Lipinski definition) is 16. The lowest BCUT2D eigenvalue weighted by Crippen LogP contribution is -2.42. The van der Waals surface area contributed by atoms with Gasteiger partial charge in [0, 0.05) is 72.4 Å². The molecular weight excluding hydrogens is 1150 g/mol. The Bertz CT molecular complexity index is 3810. The second-order valence-corrected chi connectivity index (χ2v) is 24.8. The van der Waals surface area contributed by atoms with Crippen molar-refractivity contribution >= 4 is 81.0 Å². The topological polar surface area (TPSA) is 237 Å². The number of aryl methyl sites for hydroxylation is 12. The highest BCUT2D eigenvalue weighted by molar-refractivity contribution is 6.06. The first-order valence-corrected chi connectivity index (χ1v) is 33.2. The lowest BCUT2D eigenvalue weighted by Gasteiger charge is -2.29. The van der Waals surface area contributed by atoms with Crippen molar-refractivity contribution in [2.24, 2.45) is 10.9 Å². The summed E-state index contributed by atoms with van der Waals surface area (Å²) in [4.78, 5) is 89.3. The normalized spacial score (nSPS) is 14.2. The molecular formula is C72H101N15O5. The predicted molar refractivity (Wildman–Crippen MR) is 374 cm³/mol. The number of aromatic nitrogens is 7. The highest BCUT2D eigenvalue weighted by atomic mass is 16.3. The van der Waals surface area contributed by atoms with E-state index in [0.717, 1.165) is 101 Å². The maximum atomic E-state index is 13.5. The Balaban J connectivity index is 0.000000196. The summed E-state index contributed by atoms with van der Waals surface area (Å²) in [5, 5.41) is 17.3. The van der Waals surface area contributed by atoms with Gasteiger partial charge in [-0.05, 0) is 181 Å². The third-order valence-electron chi connectivity index (χ3n) is 18.2. The van der Waals surface area contributed by atoms with E-state index >= 15 is 0 Å². The van der Waals surface area contributed by atoms with E-state index in [-0.39, 0.29) is 47.4 Å². The van der Waals surface area contributed by atoms with Gasteiger partial charge in [-0.3, -0.25) is 28.8 Å². The molecule has 20 heteroatoms. The Morgan fingerprint density at radius 3 is 1.23 bits per heavy atom. The van der Waals surface area contributed by atoms with E-state index in [1.807, 2.05) is 20.8 Å². The zero-order valence-electron chi connectivity index (χ0n) is 58.9. The van der Waals surface area contributed by atoms with Crippen molar-refractivity contribution < 1.29 is 19.5 Å². The molecule has 0 bridgehead atoms. The fourth-order valence-corrected chi connectivity index (χ4v) is 14.1. The number of amides is 3. The summed E-state index contributed by atoms with van der Waals surface area (Å²) in [5.41, 5.74) is 24.5. The minimum atomic E-state index is -0.736. The molecule has 0 spiro atoms. The second-order valence-electron chi connectivity index (χ2n) is 24.8. The maximum absolute atomic E-state index is 13.5. The minimum Gasteiger partial charge on any atom is -0.493 e. The molecule has 0 fully saturated rings. The average molecular weight is 1260 g/mol. The van der Waals surface area contributed by atoms with Crippen molar-refractivity contribution in [1.82, 2.24) is 39.8 Å². The van der Waals surface area contributed by atoms with Gasteiger partial charge >= 0.3 is 0 Å². The number of hydrogen-bond donors (Lipinski definition) is 3. The van der Waals surface area contributed by atoms with Crippen LogP contribution in [0.25, 0.3) is 11.0 Å². The molecule has 0 saturated carbocycles. The molecule has 92 heavy (non-hydrogen) atoms. The third kappa shape index (κ3) is 13.6. The van der Waals surface area contributed by atoms with Crippen molar-refractivity contribution in [1.29, 1.82) is 0 Å². The first-order valence-electron chi connectivity index (χ1n) is 33.2. The summed E-state index contributed by atoms with van der Waals surface area (Å²) in [6.45, 7) is 47.2. The number of rotatable bonds is 21. The van der Waals surface area contributed by atoms with Gasteiger partial charge < -0.3 is 30.9 Å². The van der Waals surface area contributed by atoms with Crippen LogP contribution in [0, 0.1) is 88.0 Å². The van der Waals surface area contributed by atoms with Crippen molar-refractivity contribution in [3.05, 3.63) is 120 Å². The predicted octanol–water partition coefficient (Wildman–Crippen LogP) is 15.7. The number of aromatic hydroxyl groups is 1. The van der Waals surface area contributed by atoms with Crippen LogP contribution in [0.4, 0.5) is 52.2 Å². The van der Waals surface area contributed by atoms with Crippen LogP contribution in [-0.4, -0.2) is 89.0 Å². The van der Waals surface area contributed by atoms with Gasteiger partial charge in [0.2, 0.25) is 35.5 Å². The standard InChI is InChI=1S/C26H37N5O2.C23H31N5O2.C23H33N5O/c1-9-19(10-2)31-24-21(22(25(31)33)28-20(32)11-3)18(8)27-26(29-24)30(12-4)23-16(6)13-15(5)14-17(23)7;1-8-17(9-2)28-21-18(19(26-30)22(28)29)16(7)24-23(25-21)27(10-3)20-14(5)11-13(4)12-15(20)6;1-8-17(9-2)28-21-18(19(24)22(28)29)16(7)25-23(26-21)27(10-3)20-14(5)11-13(4)12-15(20)6/h13-14,19,22H,9-12H2,1-8H3,(H,28,32);11-12,17,29H,8-10H2,1-7H3;11-12,17,19H,8-10,24H2,1-7H3. The van der Waals surface area contributed by atoms with Crippen molar-refractivity contribution in [2.75, 3.05) is 44.1 Å². The van der Waals surface area contributed by atoms with Gasteiger partial charge in [-0.2, -0.15) is 15.0 Å². The molecule has 2 aliphatic heterocycles.